The Morgan fingerprint density at radius 2 is 1.39 bits per heavy atom. The molecule has 5 heteroatoms. The van der Waals surface area contributed by atoms with Gasteiger partial charge in [0.2, 0.25) is 0 Å². The van der Waals surface area contributed by atoms with E-state index >= 15 is 0 Å². The van der Waals surface area contributed by atoms with E-state index in [-0.39, 0.29) is 0 Å². The summed E-state index contributed by atoms with van der Waals surface area (Å²) in [4.78, 5) is 0. The fourth-order valence-electron chi connectivity index (χ4n) is 5.23. The van der Waals surface area contributed by atoms with E-state index in [0.29, 0.717) is 22.3 Å². The molecule has 160 valence electrons. The summed E-state index contributed by atoms with van der Waals surface area (Å²) in [5.74, 6) is 0. The molecule has 2 aliphatic carbocycles. The fourth-order valence-corrected chi connectivity index (χ4v) is 26.8. The topological polar surface area (TPSA) is 0 Å². The molecule has 0 spiro atoms. The summed E-state index contributed by atoms with van der Waals surface area (Å²) in [5, 5.41) is 1.83. The van der Waals surface area contributed by atoms with Crippen molar-refractivity contribution in [2.24, 2.45) is 0 Å². The number of benzene rings is 2. The zero-order valence-electron chi connectivity index (χ0n) is 18.8. The summed E-state index contributed by atoms with van der Waals surface area (Å²) < 4.78 is 1.23. The van der Waals surface area contributed by atoms with Crippen molar-refractivity contribution >= 4 is 45.8 Å². The Bertz CT molecular complexity index is 1180. The number of halogens is 3. The second-order valence-electron chi connectivity index (χ2n) is 8.89. The van der Waals surface area contributed by atoms with E-state index in [9.17, 15) is 0 Å². The average molecular weight is 565 g/mol. The Morgan fingerprint density at radius 1 is 0.839 bits per heavy atom. The van der Waals surface area contributed by atoms with Crippen molar-refractivity contribution in [2.45, 2.75) is 48.0 Å². The second-order valence-corrected chi connectivity index (χ2v) is 28.1. The molecule has 2 aliphatic rings. The van der Waals surface area contributed by atoms with Crippen LogP contribution in [0.3, 0.4) is 0 Å². The molecule has 0 bridgehead atoms. The van der Waals surface area contributed by atoms with Crippen LogP contribution in [0.15, 0.2) is 64.8 Å². The Balaban J connectivity index is 1.95. The van der Waals surface area contributed by atoms with Gasteiger partial charge in [0.1, 0.15) is 0 Å². The third-order valence-corrected chi connectivity index (χ3v) is 27.5. The molecule has 0 nitrogen and oxygen atoms in total. The van der Waals surface area contributed by atoms with Crippen molar-refractivity contribution in [2.75, 3.05) is 0 Å². The molecule has 1 unspecified atom stereocenters. The molecular weight excluding hydrogens is 538 g/mol. The first-order chi connectivity index (χ1) is 14.6. The standard InChI is InChI=1S/C15H8Cl3.C9H13.C2H6Si.Zr/c16-10-7-13(17)15(14(18)8-10)12-6-5-9-3-1-2-4-11(9)12;1-6-5-7(2)9(4)8(6)3;1-3-2;/h1-8H;5H,1-4H3;1-2H3;. The van der Waals surface area contributed by atoms with Crippen LogP contribution in [0.1, 0.15) is 48.0 Å². The quantitative estimate of drug-likeness (QED) is 0.326. The summed E-state index contributed by atoms with van der Waals surface area (Å²) in [6.07, 6.45) is 2.52. The van der Waals surface area contributed by atoms with Crippen LogP contribution in [-0.4, -0.2) is 5.43 Å². The van der Waals surface area contributed by atoms with E-state index in [1.807, 2.05) is 0 Å². The SMILES string of the molecule is CC1=C(C)[CH]([Zr]([CH]2C=C(c3c(Cl)cc(Cl)cc3Cl)c3ccccc32)=[Si](C)C)C(C)=C1C. The molecule has 0 aliphatic heterocycles. The number of rotatable bonds is 3. The zero-order valence-corrected chi connectivity index (χ0v) is 24.6. The van der Waals surface area contributed by atoms with Crippen molar-refractivity contribution in [1.29, 1.82) is 0 Å². The van der Waals surface area contributed by atoms with Gasteiger partial charge in [-0.25, -0.2) is 0 Å². The van der Waals surface area contributed by atoms with Crippen LogP contribution in [0.5, 0.6) is 0 Å². The van der Waals surface area contributed by atoms with Crippen molar-refractivity contribution in [3.8, 4) is 0 Å². The first-order valence-corrected chi connectivity index (χ1v) is 20.8. The molecule has 0 aromatic heterocycles. The predicted octanol–water partition coefficient (Wildman–Crippen LogP) is 9.48. The molecule has 0 N–H and O–H groups in total. The van der Waals surface area contributed by atoms with Gasteiger partial charge in [-0.1, -0.05) is 0 Å². The van der Waals surface area contributed by atoms with Gasteiger partial charge in [-0.2, -0.15) is 0 Å². The molecule has 0 radical (unpaired) electrons. The van der Waals surface area contributed by atoms with Crippen molar-refractivity contribution < 1.29 is 20.4 Å². The van der Waals surface area contributed by atoms with E-state index in [0.717, 1.165) is 5.56 Å². The summed E-state index contributed by atoms with van der Waals surface area (Å²) >= 11 is 17.6. The van der Waals surface area contributed by atoms with Crippen LogP contribution in [0.25, 0.3) is 5.57 Å². The van der Waals surface area contributed by atoms with Crippen LogP contribution in [-0.2, 0) is 20.4 Å². The number of hydrogen-bond donors (Lipinski definition) is 0. The minimum atomic E-state index is -2.00. The Labute approximate surface area is 209 Å². The summed E-state index contributed by atoms with van der Waals surface area (Å²) in [6.45, 7) is 14.5. The average Bonchev–Trinajstić information content (AvgIpc) is 3.15. The monoisotopic (exact) mass is 562 g/mol. The molecule has 0 saturated heterocycles. The van der Waals surface area contributed by atoms with E-state index in [2.05, 4.69) is 71.1 Å². The van der Waals surface area contributed by atoms with Gasteiger partial charge in [-0.05, 0) is 0 Å². The van der Waals surface area contributed by atoms with E-state index < -0.39 is 25.8 Å². The van der Waals surface area contributed by atoms with Gasteiger partial charge in [-0.3, -0.25) is 0 Å². The maximum atomic E-state index is 6.68. The Morgan fingerprint density at radius 3 is 1.94 bits per heavy atom. The first-order valence-electron chi connectivity index (χ1n) is 10.6. The molecule has 4 rings (SSSR count). The van der Waals surface area contributed by atoms with Crippen molar-refractivity contribution in [3.05, 3.63) is 96.5 Å². The van der Waals surface area contributed by atoms with Crippen LogP contribution in [0, 0.1) is 0 Å². The fraction of sp³-hybridized carbons (Fsp3) is 0.308. The summed E-state index contributed by atoms with van der Waals surface area (Å²) in [6, 6.07) is 12.5. The summed E-state index contributed by atoms with van der Waals surface area (Å²) in [5.41, 5.74) is 10.7. The van der Waals surface area contributed by atoms with Crippen LogP contribution in [0.2, 0.25) is 31.8 Å². The van der Waals surface area contributed by atoms with Crippen LogP contribution in [0.4, 0.5) is 0 Å². The first kappa shape index (κ1) is 23.8. The van der Waals surface area contributed by atoms with E-state index in [1.54, 1.807) is 23.3 Å². The normalized spacial score (nSPS) is 18.6. The summed E-state index contributed by atoms with van der Waals surface area (Å²) in [7, 11) is 0. The number of allylic oxidation sites excluding steroid dienone is 5. The number of fused-ring (bicyclic) bond motifs is 1. The van der Waals surface area contributed by atoms with Crippen molar-refractivity contribution in [3.63, 3.8) is 0 Å². The van der Waals surface area contributed by atoms with Crippen LogP contribution < -0.4 is 0 Å². The van der Waals surface area contributed by atoms with Gasteiger partial charge in [-0.15, -0.1) is 0 Å². The zero-order chi connectivity index (χ0) is 22.6. The van der Waals surface area contributed by atoms with E-state index in [1.165, 1.54) is 27.8 Å². The molecule has 0 fully saturated rings. The predicted molar refractivity (Wildman–Crippen MR) is 136 cm³/mol. The molecule has 31 heavy (non-hydrogen) atoms. The third-order valence-electron chi connectivity index (χ3n) is 7.03. The third kappa shape index (κ3) is 4.06. The van der Waals surface area contributed by atoms with Crippen molar-refractivity contribution in [1.82, 2.24) is 0 Å². The molecule has 0 amide bonds. The number of hydrogen-bond acceptors (Lipinski definition) is 0. The molecule has 2 aromatic carbocycles. The molecule has 0 saturated carbocycles. The van der Waals surface area contributed by atoms with E-state index in [4.69, 9.17) is 34.8 Å². The van der Waals surface area contributed by atoms with Gasteiger partial charge < -0.3 is 0 Å². The van der Waals surface area contributed by atoms with Crippen LogP contribution >= 0.6 is 34.8 Å². The van der Waals surface area contributed by atoms with Gasteiger partial charge in [0.05, 0.1) is 0 Å². The molecular formula is C26H27Cl3SiZr. The van der Waals surface area contributed by atoms with Gasteiger partial charge >= 0.3 is 211 Å². The maximum absolute atomic E-state index is 6.68. The van der Waals surface area contributed by atoms with Gasteiger partial charge in [0.25, 0.3) is 0 Å². The second kappa shape index (κ2) is 9.11. The minimum absolute atomic E-state index is 0.426. The van der Waals surface area contributed by atoms with Gasteiger partial charge in [0.15, 0.2) is 0 Å². The molecule has 1 atom stereocenters. The van der Waals surface area contributed by atoms with Gasteiger partial charge in [0, 0.05) is 0 Å². The Kier molecular flexibility index (Phi) is 6.99. The Hall–Kier alpha value is -0.370. The molecule has 0 heterocycles. The molecule has 2 aromatic rings.